The smallest absolute Gasteiger partial charge is 0.318 e. The average Bonchev–Trinajstić information content (AvgIpc) is 2.00. The van der Waals surface area contributed by atoms with Crippen LogP contribution in [0.15, 0.2) is 0 Å². The standard InChI is InChI=1S/C8H15N3O3/c1-5(7(13)10-8(9)14)11-2-6(3-11)4-12/h5-6,12H,2-4H2,1H3,(H3,9,10,13,14). The third kappa shape index (κ3) is 2.43. The third-order valence-corrected chi connectivity index (χ3v) is 2.42. The molecule has 0 radical (unpaired) electrons. The molecule has 0 bridgehead atoms. The van der Waals surface area contributed by atoms with Crippen molar-refractivity contribution in [2.24, 2.45) is 11.7 Å². The zero-order chi connectivity index (χ0) is 10.7. The predicted octanol–water partition coefficient (Wildman–Crippen LogP) is -1.51. The maximum atomic E-state index is 11.3. The fraction of sp³-hybridized carbons (Fsp3) is 0.750. The third-order valence-electron chi connectivity index (χ3n) is 2.42. The molecule has 6 nitrogen and oxygen atoms in total. The van der Waals surface area contributed by atoms with Gasteiger partial charge < -0.3 is 10.8 Å². The van der Waals surface area contributed by atoms with Crippen LogP contribution < -0.4 is 11.1 Å². The van der Waals surface area contributed by atoms with E-state index in [1.165, 1.54) is 0 Å². The van der Waals surface area contributed by atoms with Crippen LogP contribution in [0.1, 0.15) is 6.92 Å². The molecule has 6 heteroatoms. The Kier molecular flexibility index (Phi) is 3.43. The largest absolute Gasteiger partial charge is 0.396 e. The lowest BCUT2D eigenvalue weighted by molar-refractivity contribution is -0.127. The van der Waals surface area contributed by atoms with Crippen LogP contribution in [-0.4, -0.2) is 47.7 Å². The maximum absolute atomic E-state index is 11.3. The molecule has 1 saturated heterocycles. The summed E-state index contributed by atoms with van der Waals surface area (Å²) in [6.45, 7) is 3.21. The summed E-state index contributed by atoms with van der Waals surface area (Å²) in [6, 6.07) is -1.20. The molecule has 0 saturated carbocycles. The van der Waals surface area contributed by atoms with Crippen molar-refractivity contribution in [1.82, 2.24) is 10.2 Å². The molecule has 1 heterocycles. The Labute approximate surface area is 82.1 Å². The van der Waals surface area contributed by atoms with Crippen molar-refractivity contribution in [2.75, 3.05) is 19.7 Å². The van der Waals surface area contributed by atoms with Gasteiger partial charge in [0, 0.05) is 25.6 Å². The molecule has 3 amide bonds. The van der Waals surface area contributed by atoms with Gasteiger partial charge in [-0.05, 0) is 6.92 Å². The highest BCUT2D eigenvalue weighted by Crippen LogP contribution is 2.17. The van der Waals surface area contributed by atoms with E-state index in [1.807, 2.05) is 10.2 Å². The summed E-state index contributed by atoms with van der Waals surface area (Å²) < 4.78 is 0. The summed E-state index contributed by atoms with van der Waals surface area (Å²) in [4.78, 5) is 23.5. The molecule has 0 aromatic rings. The second-order valence-corrected chi connectivity index (χ2v) is 3.53. The van der Waals surface area contributed by atoms with Crippen molar-refractivity contribution in [3.8, 4) is 0 Å². The number of imide groups is 1. The van der Waals surface area contributed by atoms with E-state index in [-0.39, 0.29) is 18.6 Å². The Morgan fingerprint density at radius 2 is 2.21 bits per heavy atom. The van der Waals surface area contributed by atoms with Crippen LogP contribution in [0.5, 0.6) is 0 Å². The van der Waals surface area contributed by atoms with Crippen molar-refractivity contribution in [1.29, 1.82) is 0 Å². The summed E-state index contributed by atoms with van der Waals surface area (Å²) in [6.07, 6.45) is 0. The molecule has 14 heavy (non-hydrogen) atoms. The molecule has 4 N–H and O–H groups in total. The van der Waals surface area contributed by atoms with Crippen LogP contribution in [0, 0.1) is 5.92 Å². The number of aliphatic hydroxyl groups excluding tert-OH is 1. The zero-order valence-electron chi connectivity index (χ0n) is 8.06. The van der Waals surface area contributed by atoms with Crippen LogP contribution in [0.2, 0.25) is 0 Å². The lowest BCUT2D eigenvalue weighted by Gasteiger charge is -2.41. The van der Waals surface area contributed by atoms with Gasteiger partial charge in [-0.2, -0.15) is 0 Å². The van der Waals surface area contributed by atoms with Crippen LogP contribution in [0.25, 0.3) is 0 Å². The number of carbonyl (C=O) groups is 2. The Morgan fingerprint density at radius 3 is 2.64 bits per heavy atom. The highest BCUT2D eigenvalue weighted by atomic mass is 16.3. The van der Waals surface area contributed by atoms with E-state index in [0.29, 0.717) is 13.1 Å². The summed E-state index contributed by atoms with van der Waals surface area (Å²) >= 11 is 0. The lowest BCUT2D eigenvalue weighted by Crippen LogP contribution is -2.57. The highest BCUT2D eigenvalue weighted by molar-refractivity contribution is 5.96. The fourth-order valence-corrected chi connectivity index (χ4v) is 1.43. The first-order valence-electron chi connectivity index (χ1n) is 4.49. The molecular weight excluding hydrogens is 186 g/mol. The summed E-state index contributed by atoms with van der Waals surface area (Å²) in [5.41, 5.74) is 4.81. The Balaban J connectivity index is 2.32. The lowest BCUT2D eigenvalue weighted by atomic mass is 9.99. The van der Waals surface area contributed by atoms with Gasteiger partial charge in [-0.15, -0.1) is 0 Å². The van der Waals surface area contributed by atoms with E-state index in [2.05, 4.69) is 0 Å². The van der Waals surface area contributed by atoms with E-state index in [9.17, 15) is 9.59 Å². The molecular formula is C8H15N3O3. The normalized spacial score (nSPS) is 19.9. The number of hydrogen-bond donors (Lipinski definition) is 3. The molecule has 1 aliphatic rings. The number of nitrogens with zero attached hydrogens (tertiary/aromatic N) is 1. The molecule has 0 aromatic heterocycles. The number of nitrogens with two attached hydrogens (primary N) is 1. The van der Waals surface area contributed by atoms with Crippen LogP contribution >= 0.6 is 0 Å². The van der Waals surface area contributed by atoms with Gasteiger partial charge in [0.2, 0.25) is 5.91 Å². The van der Waals surface area contributed by atoms with Gasteiger partial charge in [0.1, 0.15) is 0 Å². The zero-order valence-corrected chi connectivity index (χ0v) is 8.06. The second kappa shape index (κ2) is 4.39. The molecule has 0 aliphatic carbocycles. The summed E-state index contributed by atoms with van der Waals surface area (Å²) in [7, 11) is 0. The van der Waals surface area contributed by atoms with Gasteiger partial charge in [-0.3, -0.25) is 15.0 Å². The van der Waals surface area contributed by atoms with E-state index >= 15 is 0 Å². The molecule has 1 aliphatic heterocycles. The minimum atomic E-state index is -0.832. The van der Waals surface area contributed by atoms with Crippen molar-refractivity contribution in [2.45, 2.75) is 13.0 Å². The highest BCUT2D eigenvalue weighted by Gasteiger charge is 2.33. The molecule has 0 aromatic carbocycles. The number of amides is 3. The molecule has 0 spiro atoms. The topological polar surface area (TPSA) is 95.7 Å². The monoisotopic (exact) mass is 201 g/mol. The van der Waals surface area contributed by atoms with Crippen LogP contribution in [-0.2, 0) is 4.79 Å². The van der Waals surface area contributed by atoms with E-state index < -0.39 is 11.9 Å². The number of primary amides is 1. The van der Waals surface area contributed by atoms with Gasteiger partial charge >= 0.3 is 6.03 Å². The van der Waals surface area contributed by atoms with Crippen molar-refractivity contribution >= 4 is 11.9 Å². The average molecular weight is 201 g/mol. The van der Waals surface area contributed by atoms with Crippen LogP contribution in [0.3, 0.4) is 0 Å². The van der Waals surface area contributed by atoms with Crippen molar-refractivity contribution in [3.63, 3.8) is 0 Å². The van der Waals surface area contributed by atoms with Gasteiger partial charge in [0.25, 0.3) is 0 Å². The Hall–Kier alpha value is -1.14. The van der Waals surface area contributed by atoms with Gasteiger partial charge in [-0.25, -0.2) is 4.79 Å². The number of rotatable bonds is 3. The van der Waals surface area contributed by atoms with Crippen molar-refractivity contribution in [3.05, 3.63) is 0 Å². The molecule has 1 fully saturated rings. The van der Waals surface area contributed by atoms with E-state index in [4.69, 9.17) is 10.8 Å². The Morgan fingerprint density at radius 1 is 1.64 bits per heavy atom. The van der Waals surface area contributed by atoms with Gasteiger partial charge in [0.15, 0.2) is 0 Å². The molecule has 1 unspecified atom stereocenters. The van der Waals surface area contributed by atoms with E-state index in [1.54, 1.807) is 6.92 Å². The predicted molar refractivity (Wildman–Crippen MR) is 49.3 cm³/mol. The fourth-order valence-electron chi connectivity index (χ4n) is 1.43. The first-order chi connectivity index (χ1) is 6.54. The summed E-state index contributed by atoms with van der Waals surface area (Å²) in [5.74, 6) is -0.146. The molecule has 80 valence electrons. The minimum absolute atomic E-state index is 0.140. The molecule has 1 rings (SSSR count). The number of aliphatic hydroxyl groups is 1. The number of carbonyl (C=O) groups excluding carboxylic acids is 2. The number of likely N-dealkylation sites (tertiary alicyclic amines) is 1. The number of hydrogen-bond acceptors (Lipinski definition) is 4. The summed E-state index contributed by atoms with van der Waals surface area (Å²) in [5, 5.41) is 10.8. The number of urea groups is 1. The second-order valence-electron chi connectivity index (χ2n) is 3.53. The number of nitrogens with one attached hydrogen (secondary N) is 1. The van der Waals surface area contributed by atoms with Crippen molar-refractivity contribution < 1.29 is 14.7 Å². The van der Waals surface area contributed by atoms with Crippen LogP contribution in [0.4, 0.5) is 4.79 Å². The van der Waals surface area contributed by atoms with E-state index in [0.717, 1.165) is 0 Å². The van der Waals surface area contributed by atoms with Gasteiger partial charge in [-0.1, -0.05) is 0 Å². The van der Waals surface area contributed by atoms with Gasteiger partial charge in [0.05, 0.1) is 6.04 Å². The molecule has 1 atom stereocenters. The SMILES string of the molecule is CC(C(=O)NC(N)=O)N1CC(CO)C1. The first-order valence-corrected chi connectivity index (χ1v) is 4.49. The minimum Gasteiger partial charge on any atom is -0.396 e. The Bertz CT molecular complexity index is 238. The maximum Gasteiger partial charge on any atom is 0.318 e. The first kappa shape index (κ1) is 10.9. The quantitative estimate of drug-likeness (QED) is 0.517.